The predicted molar refractivity (Wildman–Crippen MR) is 89.4 cm³/mol. The third-order valence-electron chi connectivity index (χ3n) is 3.80. The van der Waals surface area contributed by atoms with E-state index in [1.54, 1.807) is 0 Å². The summed E-state index contributed by atoms with van der Waals surface area (Å²) < 4.78 is 16.0. The topological polar surface area (TPSA) is 66.8 Å². The van der Waals surface area contributed by atoms with Gasteiger partial charge in [0.1, 0.15) is 0 Å². The molecular weight excluding hydrogens is 310 g/mol. The third kappa shape index (κ3) is 19.2. The molecule has 0 saturated heterocycles. The minimum atomic E-state index is -4.35. The normalized spacial score (nSPS) is 12.9. The first-order valence-electron chi connectivity index (χ1n) is 8.73. The summed E-state index contributed by atoms with van der Waals surface area (Å²) in [5.74, 6) is 0. The van der Waals surface area contributed by atoms with Crippen LogP contribution in [0.2, 0.25) is 0 Å². The molecule has 1 unspecified atom stereocenters. The van der Waals surface area contributed by atoms with Gasteiger partial charge in [-0.2, -0.15) is 0 Å². The van der Waals surface area contributed by atoms with Crippen molar-refractivity contribution in [3.8, 4) is 0 Å². The van der Waals surface area contributed by atoms with E-state index < -0.39 is 7.82 Å². The number of phosphoric ester groups is 1. The molecule has 0 bridgehead atoms. The molecule has 0 aliphatic heterocycles. The molecule has 2 N–H and O–H groups in total. The molecule has 0 saturated carbocycles. The van der Waals surface area contributed by atoms with Crippen LogP contribution >= 0.6 is 7.82 Å². The van der Waals surface area contributed by atoms with E-state index in [1.807, 2.05) is 0 Å². The summed E-state index contributed by atoms with van der Waals surface area (Å²) >= 11 is 0. The summed E-state index contributed by atoms with van der Waals surface area (Å²) in [4.78, 5) is 18.0. The van der Waals surface area contributed by atoms with Gasteiger partial charge in [-0.1, -0.05) is 84.5 Å². The Balaban J connectivity index is -0.00000200. The fourth-order valence-corrected chi connectivity index (χ4v) is 3.17. The van der Waals surface area contributed by atoms with Crippen molar-refractivity contribution in [2.24, 2.45) is 0 Å². The average molecular weight is 346 g/mol. The maximum absolute atomic E-state index is 11.0. The SMILES string of the molecule is CCCCCCCCC(CCCCCCC)OP(=O)(O)O.[H-].[Na+]. The van der Waals surface area contributed by atoms with Gasteiger partial charge in [0, 0.05) is 0 Å². The molecule has 0 fully saturated rings. The van der Waals surface area contributed by atoms with Gasteiger partial charge in [-0.25, -0.2) is 4.57 Å². The van der Waals surface area contributed by atoms with Gasteiger partial charge in [0.15, 0.2) is 0 Å². The van der Waals surface area contributed by atoms with E-state index in [0.29, 0.717) is 0 Å². The summed E-state index contributed by atoms with van der Waals surface area (Å²) in [6, 6.07) is 0. The number of unbranched alkanes of at least 4 members (excludes halogenated alkanes) is 9. The molecule has 6 heteroatoms. The van der Waals surface area contributed by atoms with Gasteiger partial charge in [0.25, 0.3) is 0 Å². The van der Waals surface area contributed by atoms with Gasteiger partial charge < -0.3 is 11.2 Å². The van der Waals surface area contributed by atoms with Crippen LogP contribution in [0.15, 0.2) is 0 Å². The van der Waals surface area contributed by atoms with Crippen molar-refractivity contribution >= 4 is 7.82 Å². The van der Waals surface area contributed by atoms with E-state index in [1.165, 1.54) is 44.9 Å². The van der Waals surface area contributed by atoms with Crippen molar-refractivity contribution in [1.29, 1.82) is 0 Å². The van der Waals surface area contributed by atoms with Gasteiger partial charge in [-0.05, 0) is 12.8 Å². The smallest absolute Gasteiger partial charge is 1.00 e. The predicted octanol–water partition coefficient (Wildman–Crippen LogP) is 2.69. The maximum atomic E-state index is 11.0. The second kappa shape index (κ2) is 17.0. The minimum Gasteiger partial charge on any atom is -1.00 e. The number of phosphoric acid groups is 1. The Kier molecular flexibility index (Phi) is 19.5. The van der Waals surface area contributed by atoms with Crippen molar-refractivity contribution in [3.63, 3.8) is 0 Å². The molecule has 0 aromatic carbocycles. The van der Waals surface area contributed by atoms with Crippen LogP contribution in [0.5, 0.6) is 0 Å². The largest absolute Gasteiger partial charge is 1.00 e. The van der Waals surface area contributed by atoms with E-state index in [2.05, 4.69) is 13.8 Å². The van der Waals surface area contributed by atoms with Gasteiger partial charge in [-0.15, -0.1) is 0 Å². The Hall–Kier alpha value is 1.11. The van der Waals surface area contributed by atoms with Crippen LogP contribution in [-0.4, -0.2) is 15.9 Å². The van der Waals surface area contributed by atoms with Crippen molar-refractivity contribution in [2.45, 2.75) is 103 Å². The first kappa shape index (κ1) is 25.4. The Morgan fingerprint density at radius 3 is 1.55 bits per heavy atom. The number of hydrogen-bond acceptors (Lipinski definition) is 2. The number of rotatable bonds is 15. The molecule has 0 heterocycles. The average Bonchev–Trinajstić information content (AvgIpc) is 2.40. The Bertz CT molecular complexity index is 277. The van der Waals surface area contributed by atoms with Crippen LogP contribution in [-0.2, 0) is 9.09 Å². The molecule has 0 aliphatic rings. The van der Waals surface area contributed by atoms with Gasteiger partial charge >= 0.3 is 37.4 Å². The fourth-order valence-electron chi connectivity index (χ4n) is 2.57. The van der Waals surface area contributed by atoms with Crippen molar-refractivity contribution < 1.29 is 49.9 Å². The zero-order valence-corrected chi connectivity index (χ0v) is 17.8. The van der Waals surface area contributed by atoms with E-state index in [9.17, 15) is 4.57 Å². The third-order valence-corrected chi connectivity index (χ3v) is 4.37. The van der Waals surface area contributed by atoms with E-state index >= 15 is 0 Å². The van der Waals surface area contributed by atoms with E-state index in [-0.39, 0.29) is 37.1 Å². The van der Waals surface area contributed by atoms with Crippen LogP contribution < -0.4 is 29.6 Å². The zero-order valence-electron chi connectivity index (χ0n) is 15.9. The van der Waals surface area contributed by atoms with Gasteiger partial charge in [0.05, 0.1) is 6.10 Å². The van der Waals surface area contributed by atoms with Crippen LogP contribution in [0.4, 0.5) is 0 Å². The van der Waals surface area contributed by atoms with Crippen LogP contribution in [0, 0.1) is 0 Å². The van der Waals surface area contributed by atoms with Crippen molar-refractivity contribution in [3.05, 3.63) is 0 Å². The molecule has 0 amide bonds. The quantitative estimate of drug-likeness (QED) is 0.272. The summed E-state index contributed by atoms with van der Waals surface area (Å²) in [6.07, 6.45) is 14.2. The second-order valence-electron chi connectivity index (χ2n) is 5.98. The molecule has 22 heavy (non-hydrogen) atoms. The molecule has 130 valence electrons. The summed E-state index contributed by atoms with van der Waals surface area (Å²) in [7, 11) is -4.35. The molecule has 0 aromatic heterocycles. The number of hydrogen-bond donors (Lipinski definition) is 2. The summed E-state index contributed by atoms with van der Waals surface area (Å²) in [5.41, 5.74) is 0. The standard InChI is InChI=1S/C16H35O4P.Na.H/c1-3-5-7-9-11-13-15-16(20-21(17,18)19)14-12-10-8-6-4-2;;/h16H,3-15H2,1-2H3,(H2,17,18,19);;/q;+1;-1. The Morgan fingerprint density at radius 1 is 0.818 bits per heavy atom. The van der Waals surface area contributed by atoms with Crippen molar-refractivity contribution in [2.75, 3.05) is 0 Å². The Morgan fingerprint density at radius 2 is 1.18 bits per heavy atom. The van der Waals surface area contributed by atoms with Crippen LogP contribution in [0.3, 0.4) is 0 Å². The van der Waals surface area contributed by atoms with Crippen LogP contribution in [0.1, 0.15) is 98.7 Å². The summed E-state index contributed by atoms with van der Waals surface area (Å²) in [5, 5.41) is 0. The molecule has 0 rings (SSSR count). The van der Waals surface area contributed by atoms with Crippen molar-refractivity contribution in [1.82, 2.24) is 0 Å². The molecule has 0 spiro atoms. The molecular formula is C16H36NaO4P. The summed E-state index contributed by atoms with van der Waals surface area (Å²) in [6.45, 7) is 4.38. The zero-order chi connectivity index (χ0) is 16.0. The molecule has 0 aromatic rings. The monoisotopic (exact) mass is 346 g/mol. The minimum absolute atomic E-state index is 0. The molecule has 0 aliphatic carbocycles. The molecule has 1 atom stereocenters. The maximum Gasteiger partial charge on any atom is 1.00 e. The second-order valence-corrected chi connectivity index (χ2v) is 7.17. The fraction of sp³-hybridized carbons (Fsp3) is 1.00. The van der Waals surface area contributed by atoms with Gasteiger partial charge in [-0.3, -0.25) is 4.52 Å². The molecule has 4 nitrogen and oxygen atoms in total. The van der Waals surface area contributed by atoms with E-state index in [4.69, 9.17) is 14.3 Å². The first-order chi connectivity index (χ1) is 9.99. The van der Waals surface area contributed by atoms with Crippen LogP contribution in [0.25, 0.3) is 0 Å². The Labute approximate surface area is 160 Å². The first-order valence-corrected chi connectivity index (χ1v) is 10.3. The van der Waals surface area contributed by atoms with E-state index in [0.717, 1.165) is 38.5 Å². The molecule has 0 radical (unpaired) electrons. The van der Waals surface area contributed by atoms with Gasteiger partial charge in [0.2, 0.25) is 0 Å².